The van der Waals surface area contributed by atoms with Gasteiger partial charge in [0.1, 0.15) is 17.2 Å². The van der Waals surface area contributed by atoms with Gasteiger partial charge in [-0.1, -0.05) is 24.3 Å². The van der Waals surface area contributed by atoms with Gasteiger partial charge in [-0.15, -0.1) is 0 Å². The van der Waals surface area contributed by atoms with E-state index in [1.54, 1.807) is 14.2 Å². The molecule has 0 aromatic heterocycles. The van der Waals surface area contributed by atoms with E-state index in [0.29, 0.717) is 6.54 Å². The van der Waals surface area contributed by atoms with Crippen molar-refractivity contribution in [1.29, 1.82) is 0 Å². The minimum atomic E-state index is 0.133. The highest BCUT2D eigenvalue weighted by molar-refractivity contribution is 5.89. The molecule has 0 saturated carbocycles. The first kappa shape index (κ1) is 16.3. The third-order valence-electron chi connectivity index (χ3n) is 4.24. The van der Waals surface area contributed by atoms with Crippen molar-refractivity contribution >= 4 is 11.4 Å². The Hall–Kier alpha value is -2.53. The van der Waals surface area contributed by atoms with Crippen LogP contribution in [0.4, 0.5) is 5.69 Å². The zero-order chi connectivity index (χ0) is 16.9. The molecule has 3 rings (SSSR count). The molecule has 1 aliphatic heterocycles. The van der Waals surface area contributed by atoms with Crippen molar-refractivity contribution in [1.82, 2.24) is 0 Å². The van der Waals surface area contributed by atoms with Crippen LogP contribution in [0.15, 0.2) is 53.6 Å². The lowest BCUT2D eigenvalue weighted by atomic mass is 10.00. The standard InChI is InChI=1S/C19H23N3O2/c1-23-16-9-7-14(8-10-16)18-13-15(11-12-20)21-22(18)17-5-3-4-6-19(17)24-2/h3-10,18H,11-13,20H2,1-2H3. The van der Waals surface area contributed by atoms with Crippen LogP contribution < -0.4 is 20.2 Å². The summed E-state index contributed by atoms with van der Waals surface area (Å²) in [5, 5.41) is 6.86. The van der Waals surface area contributed by atoms with E-state index in [9.17, 15) is 0 Å². The number of nitrogens with zero attached hydrogens (tertiary/aromatic N) is 2. The summed E-state index contributed by atoms with van der Waals surface area (Å²) < 4.78 is 10.8. The highest BCUT2D eigenvalue weighted by atomic mass is 16.5. The van der Waals surface area contributed by atoms with Gasteiger partial charge in [0.25, 0.3) is 0 Å². The summed E-state index contributed by atoms with van der Waals surface area (Å²) in [7, 11) is 3.36. The number of anilines is 1. The van der Waals surface area contributed by atoms with Crippen LogP contribution in [0.3, 0.4) is 0 Å². The number of methoxy groups -OCH3 is 2. The van der Waals surface area contributed by atoms with Crippen LogP contribution >= 0.6 is 0 Å². The second-order valence-corrected chi connectivity index (χ2v) is 5.71. The van der Waals surface area contributed by atoms with Gasteiger partial charge in [-0.3, -0.25) is 5.01 Å². The molecular formula is C19H23N3O2. The van der Waals surface area contributed by atoms with Crippen LogP contribution in [-0.2, 0) is 0 Å². The topological polar surface area (TPSA) is 60.1 Å². The number of ether oxygens (including phenoxy) is 2. The Bertz CT molecular complexity index is 713. The highest BCUT2D eigenvalue weighted by Crippen LogP contribution is 2.40. The number of para-hydroxylation sites is 2. The second kappa shape index (κ2) is 7.36. The molecule has 1 aliphatic rings. The number of hydrazone groups is 1. The first-order valence-electron chi connectivity index (χ1n) is 8.09. The number of hydrogen-bond donors (Lipinski definition) is 1. The molecule has 1 heterocycles. The van der Waals surface area contributed by atoms with E-state index in [1.807, 2.05) is 41.4 Å². The van der Waals surface area contributed by atoms with Crippen LogP contribution in [0.2, 0.25) is 0 Å². The predicted octanol–water partition coefficient (Wildman–Crippen LogP) is 3.36. The summed E-state index contributed by atoms with van der Waals surface area (Å²) in [6.07, 6.45) is 1.67. The van der Waals surface area contributed by atoms with Gasteiger partial charge in [-0.2, -0.15) is 5.10 Å². The maximum Gasteiger partial charge on any atom is 0.144 e. The molecule has 24 heavy (non-hydrogen) atoms. The Morgan fingerprint density at radius 1 is 1.08 bits per heavy atom. The molecule has 0 radical (unpaired) electrons. The third kappa shape index (κ3) is 3.21. The summed E-state index contributed by atoms with van der Waals surface area (Å²) in [4.78, 5) is 0. The predicted molar refractivity (Wildman–Crippen MR) is 96.9 cm³/mol. The minimum Gasteiger partial charge on any atom is -0.497 e. The molecule has 0 spiro atoms. The number of benzene rings is 2. The van der Waals surface area contributed by atoms with Gasteiger partial charge in [0.2, 0.25) is 0 Å². The number of rotatable bonds is 6. The molecule has 0 saturated heterocycles. The van der Waals surface area contributed by atoms with Crippen molar-refractivity contribution in [3.05, 3.63) is 54.1 Å². The lowest BCUT2D eigenvalue weighted by Gasteiger charge is -2.25. The number of hydrogen-bond acceptors (Lipinski definition) is 5. The van der Waals surface area contributed by atoms with E-state index >= 15 is 0 Å². The molecule has 1 unspecified atom stereocenters. The van der Waals surface area contributed by atoms with E-state index in [-0.39, 0.29) is 6.04 Å². The summed E-state index contributed by atoms with van der Waals surface area (Å²) in [5.74, 6) is 1.66. The maximum absolute atomic E-state index is 5.73. The van der Waals surface area contributed by atoms with Crippen molar-refractivity contribution in [2.75, 3.05) is 25.8 Å². The van der Waals surface area contributed by atoms with Crippen molar-refractivity contribution in [2.24, 2.45) is 10.8 Å². The average Bonchev–Trinajstić information content (AvgIpc) is 3.06. The van der Waals surface area contributed by atoms with Crippen LogP contribution in [0.1, 0.15) is 24.4 Å². The molecule has 0 fully saturated rings. The first-order valence-corrected chi connectivity index (χ1v) is 8.09. The molecule has 2 aromatic carbocycles. The monoisotopic (exact) mass is 325 g/mol. The van der Waals surface area contributed by atoms with Crippen LogP contribution in [0.5, 0.6) is 11.5 Å². The van der Waals surface area contributed by atoms with Crippen LogP contribution in [-0.4, -0.2) is 26.5 Å². The molecule has 0 aliphatic carbocycles. The average molecular weight is 325 g/mol. The molecule has 2 N–H and O–H groups in total. The quantitative estimate of drug-likeness (QED) is 0.885. The molecule has 0 amide bonds. The van der Waals surface area contributed by atoms with Gasteiger partial charge < -0.3 is 15.2 Å². The van der Waals surface area contributed by atoms with Crippen molar-refractivity contribution in [2.45, 2.75) is 18.9 Å². The Kier molecular flexibility index (Phi) is 5.01. The van der Waals surface area contributed by atoms with Crippen molar-refractivity contribution in [3.63, 3.8) is 0 Å². The third-order valence-corrected chi connectivity index (χ3v) is 4.24. The summed E-state index contributed by atoms with van der Waals surface area (Å²) in [6.45, 7) is 0.605. The summed E-state index contributed by atoms with van der Waals surface area (Å²) in [5.41, 5.74) is 9.00. The van der Waals surface area contributed by atoms with Gasteiger partial charge in [-0.25, -0.2) is 0 Å². The Morgan fingerprint density at radius 3 is 2.50 bits per heavy atom. The molecule has 5 heteroatoms. The fourth-order valence-electron chi connectivity index (χ4n) is 3.02. The van der Waals surface area contributed by atoms with Gasteiger partial charge in [0.15, 0.2) is 0 Å². The normalized spacial score (nSPS) is 16.9. The summed E-state index contributed by atoms with van der Waals surface area (Å²) in [6, 6.07) is 16.2. The van der Waals surface area contributed by atoms with Crippen molar-refractivity contribution < 1.29 is 9.47 Å². The molecular weight excluding hydrogens is 302 g/mol. The summed E-state index contributed by atoms with van der Waals surface area (Å²) >= 11 is 0. The lowest BCUT2D eigenvalue weighted by Crippen LogP contribution is -2.19. The fourth-order valence-corrected chi connectivity index (χ4v) is 3.02. The zero-order valence-corrected chi connectivity index (χ0v) is 14.1. The Balaban J connectivity index is 1.97. The highest BCUT2D eigenvalue weighted by Gasteiger charge is 2.30. The SMILES string of the molecule is COc1ccc(C2CC(CCN)=NN2c2ccccc2OC)cc1. The van der Waals surface area contributed by atoms with Gasteiger partial charge in [0, 0.05) is 12.1 Å². The largest absolute Gasteiger partial charge is 0.497 e. The van der Waals surface area contributed by atoms with E-state index in [4.69, 9.17) is 20.3 Å². The van der Waals surface area contributed by atoms with E-state index in [0.717, 1.165) is 35.7 Å². The second-order valence-electron chi connectivity index (χ2n) is 5.71. The van der Waals surface area contributed by atoms with Crippen molar-refractivity contribution in [3.8, 4) is 11.5 Å². The maximum atomic E-state index is 5.73. The van der Waals surface area contributed by atoms with Gasteiger partial charge in [0.05, 0.1) is 20.3 Å². The van der Waals surface area contributed by atoms with E-state index in [1.165, 1.54) is 5.56 Å². The molecule has 126 valence electrons. The molecule has 0 bridgehead atoms. The minimum absolute atomic E-state index is 0.133. The lowest BCUT2D eigenvalue weighted by molar-refractivity contribution is 0.413. The smallest absolute Gasteiger partial charge is 0.144 e. The fraction of sp³-hybridized carbons (Fsp3) is 0.316. The Morgan fingerprint density at radius 2 is 1.83 bits per heavy atom. The van der Waals surface area contributed by atoms with E-state index < -0.39 is 0 Å². The number of nitrogens with two attached hydrogens (primary N) is 1. The van der Waals surface area contributed by atoms with Crippen LogP contribution in [0.25, 0.3) is 0 Å². The first-order chi connectivity index (χ1) is 11.8. The van der Waals surface area contributed by atoms with Crippen LogP contribution in [0, 0.1) is 0 Å². The molecule has 1 atom stereocenters. The molecule has 2 aromatic rings. The molecule has 5 nitrogen and oxygen atoms in total. The van der Waals surface area contributed by atoms with E-state index in [2.05, 4.69) is 12.1 Å². The van der Waals surface area contributed by atoms with Gasteiger partial charge in [-0.05, 0) is 42.8 Å². The zero-order valence-electron chi connectivity index (χ0n) is 14.1. The Labute approximate surface area is 142 Å². The van der Waals surface area contributed by atoms with Gasteiger partial charge >= 0.3 is 0 Å².